The maximum Gasteiger partial charge on any atom is 0.269 e. The van der Waals surface area contributed by atoms with Gasteiger partial charge in [-0.15, -0.1) is 0 Å². The van der Waals surface area contributed by atoms with E-state index in [4.69, 9.17) is 0 Å². The minimum absolute atomic E-state index is 0.0244. The highest BCUT2D eigenvalue weighted by Gasteiger charge is 2.28. The molecule has 80 valence electrons. The molecular formula is C11H15N3O. The van der Waals surface area contributed by atoms with E-state index in [2.05, 4.69) is 10.7 Å². The number of nitrogens with one attached hydrogen (secondary N) is 2. The fourth-order valence-corrected chi connectivity index (χ4v) is 1.79. The van der Waals surface area contributed by atoms with Gasteiger partial charge < -0.3 is 5.32 Å². The predicted octanol–water partition coefficient (Wildman–Crippen LogP) is 1.42. The van der Waals surface area contributed by atoms with Gasteiger partial charge in [0.25, 0.3) is 5.91 Å². The standard InChI is InChI=1S/C11H15N3O/c1-11(2)12-9-7-5-4-6-8(9)10(15)14(3)13-11/h4-7,12-13H,1-3H3. The summed E-state index contributed by atoms with van der Waals surface area (Å²) in [6.45, 7) is 3.97. The fourth-order valence-electron chi connectivity index (χ4n) is 1.79. The van der Waals surface area contributed by atoms with Crippen molar-refractivity contribution in [1.82, 2.24) is 10.4 Å². The van der Waals surface area contributed by atoms with Crippen LogP contribution >= 0.6 is 0 Å². The third-order valence-corrected chi connectivity index (χ3v) is 2.36. The van der Waals surface area contributed by atoms with Crippen molar-refractivity contribution >= 4 is 11.6 Å². The van der Waals surface area contributed by atoms with Gasteiger partial charge in [0.15, 0.2) is 0 Å². The summed E-state index contributed by atoms with van der Waals surface area (Å²) in [5, 5.41) is 4.80. The fraction of sp³-hybridized carbons (Fsp3) is 0.364. The van der Waals surface area contributed by atoms with Crippen LogP contribution in [0.3, 0.4) is 0 Å². The molecule has 15 heavy (non-hydrogen) atoms. The third kappa shape index (κ3) is 1.80. The molecule has 0 saturated carbocycles. The minimum Gasteiger partial charge on any atom is -0.366 e. The average molecular weight is 205 g/mol. The van der Waals surface area contributed by atoms with Crippen LogP contribution in [0, 0.1) is 0 Å². The molecule has 1 aliphatic rings. The van der Waals surface area contributed by atoms with Gasteiger partial charge in [0, 0.05) is 12.7 Å². The Morgan fingerprint density at radius 1 is 1.27 bits per heavy atom. The van der Waals surface area contributed by atoms with E-state index in [1.54, 1.807) is 7.05 Å². The molecule has 4 heteroatoms. The monoisotopic (exact) mass is 205 g/mol. The second-order valence-corrected chi connectivity index (χ2v) is 4.27. The first-order valence-corrected chi connectivity index (χ1v) is 4.93. The zero-order chi connectivity index (χ0) is 11.1. The number of nitrogens with zero attached hydrogens (tertiary/aromatic N) is 1. The molecule has 1 aromatic rings. The number of amides is 1. The normalized spacial score (nSPS) is 19.1. The summed E-state index contributed by atoms with van der Waals surface area (Å²) < 4.78 is 0. The van der Waals surface area contributed by atoms with Crippen LogP contribution in [0.4, 0.5) is 5.69 Å². The molecule has 2 N–H and O–H groups in total. The van der Waals surface area contributed by atoms with Gasteiger partial charge in [-0.05, 0) is 26.0 Å². The number of para-hydroxylation sites is 1. The van der Waals surface area contributed by atoms with Crippen LogP contribution < -0.4 is 10.7 Å². The van der Waals surface area contributed by atoms with E-state index in [1.807, 2.05) is 38.1 Å². The number of fused-ring (bicyclic) bond motifs is 1. The molecule has 4 nitrogen and oxygen atoms in total. The molecule has 2 rings (SSSR count). The molecule has 0 fully saturated rings. The van der Waals surface area contributed by atoms with Crippen LogP contribution in [0.5, 0.6) is 0 Å². The Kier molecular flexibility index (Phi) is 2.16. The Morgan fingerprint density at radius 2 is 1.93 bits per heavy atom. The van der Waals surface area contributed by atoms with Crippen LogP contribution in [0.2, 0.25) is 0 Å². The first-order valence-electron chi connectivity index (χ1n) is 4.93. The lowest BCUT2D eigenvalue weighted by molar-refractivity contribution is 0.0663. The number of benzene rings is 1. The lowest BCUT2D eigenvalue weighted by Gasteiger charge is -2.29. The smallest absolute Gasteiger partial charge is 0.269 e. The van der Waals surface area contributed by atoms with E-state index in [-0.39, 0.29) is 11.6 Å². The Labute approximate surface area is 89.2 Å². The van der Waals surface area contributed by atoms with Crippen molar-refractivity contribution in [1.29, 1.82) is 0 Å². The van der Waals surface area contributed by atoms with Crippen LogP contribution in [-0.4, -0.2) is 23.6 Å². The van der Waals surface area contributed by atoms with Gasteiger partial charge in [-0.3, -0.25) is 9.80 Å². The van der Waals surface area contributed by atoms with Crippen molar-refractivity contribution in [3.63, 3.8) is 0 Å². The first kappa shape index (κ1) is 9.98. The van der Waals surface area contributed by atoms with Gasteiger partial charge in [0.1, 0.15) is 0 Å². The highest BCUT2D eigenvalue weighted by Crippen LogP contribution is 2.23. The Hall–Kier alpha value is -1.55. The molecule has 0 atom stereocenters. The number of rotatable bonds is 0. The molecule has 1 aromatic carbocycles. The summed E-state index contributed by atoms with van der Waals surface area (Å²) in [5.74, 6) is -0.0244. The number of carbonyl (C=O) groups is 1. The van der Waals surface area contributed by atoms with Crippen molar-refractivity contribution in [3.8, 4) is 0 Å². The summed E-state index contributed by atoms with van der Waals surface area (Å²) in [5.41, 5.74) is 4.31. The highest BCUT2D eigenvalue weighted by molar-refractivity contribution is 5.99. The molecule has 0 bridgehead atoms. The van der Waals surface area contributed by atoms with Gasteiger partial charge in [-0.1, -0.05) is 12.1 Å². The van der Waals surface area contributed by atoms with Gasteiger partial charge in [0.05, 0.1) is 11.2 Å². The zero-order valence-corrected chi connectivity index (χ0v) is 9.16. The van der Waals surface area contributed by atoms with Crippen molar-refractivity contribution in [2.24, 2.45) is 0 Å². The molecule has 0 saturated heterocycles. The van der Waals surface area contributed by atoms with E-state index in [0.29, 0.717) is 5.56 Å². The van der Waals surface area contributed by atoms with Gasteiger partial charge in [-0.2, -0.15) is 0 Å². The van der Waals surface area contributed by atoms with Crippen LogP contribution in [-0.2, 0) is 0 Å². The number of hydrogen-bond acceptors (Lipinski definition) is 3. The van der Waals surface area contributed by atoms with E-state index in [0.717, 1.165) is 5.69 Å². The molecule has 1 heterocycles. The van der Waals surface area contributed by atoms with E-state index >= 15 is 0 Å². The zero-order valence-electron chi connectivity index (χ0n) is 9.16. The lowest BCUT2D eigenvalue weighted by atomic mass is 10.1. The van der Waals surface area contributed by atoms with Crippen LogP contribution in [0.15, 0.2) is 24.3 Å². The first-order chi connectivity index (χ1) is 6.99. The van der Waals surface area contributed by atoms with Crippen molar-refractivity contribution in [3.05, 3.63) is 29.8 Å². The van der Waals surface area contributed by atoms with Crippen LogP contribution in [0.1, 0.15) is 24.2 Å². The van der Waals surface area contributed by atoms with Crippen molar-refractivity contribution in [2.45, 2.75) is 19.5 Å². The van der Waals surface area contributed by atoms with Gasteiger partial charge in [-0.25, -0.2) is 5.43 Å². The molecule has 0 spiro atoms. The summed E-state index contributed by atoms with van der Waals surface area (Å²) in [7, 11) is 1.73. The average Bonchev–Trinajstić information content (AvgIpc) is 2.23. The quantitative estimate of drug-likeness (QED) is 0.673. The minimum atomic E-state index is -0.336. The molecule has 0 unspecified atom stereocenters. The summed E-state index contributed by atoms with van der Waals surface area (Å²) in [6.07, 6.45) is 0. The summed E-state index contributed by atoms with van der Waals surface area (Å²) in [4.78, 5) is 11.9. The molecule has 0 aliphatic carbocycles. The second kappa shape index (κ2) is 3.24. The van der Waals surface area contributed by atoms with Crippen molar-refractivity contribution < 1.29 is 4.79 Å². The summed E-state index contributed by atoms with van der Waals surface area (Å²) >= 11 is 0. The molecule has 1 aliphatic heterocycles. The van der Waals surface area contributed by atoms with Crippen molar-refractivity contribution in [2.75, 3.05) is 12.4 Å². The van der Waals surface area contributed by atoms with Crippen LogP contribution in [0.25, 0.3) is 0 Å². The number of hydrogen-bond donors (Lipinski definition) is 2. The van der Waals surface area contributed by atoms with E-state index in [9.17, 15) is 4.79 Å². The maximum absolute atomic E-state index is 11.9. The third-order valence-electron chi connectivity index (χ3n) is 2.36. The molecule has 0 aromatic heterocycles. The van der Waals surface area contributed by atoms with Gasteiger partial charge in [0.2, 0.25) is 0 Å². The van der Waals surface area contributed by atoms with E-state index in [1.165, 1.54) is 5.01 Å². The Bertz CT molecular complexity index is 401. The number of carbonyl (C=O) groups excluding carboxylic acids is 1. The molecule has 0 radical (unpaired) electrons. The molecule has 1 amide bonds. The van der Waals surface area contributed by atoms with Gasteiger partial charge >= 0.3 is 0 Å². The number of anilines is 1. The maximum atomic E-state index is 11.9. The predicted molar refractivity (Wildman–Crippen MR) is 59.4 cm³/mol. The Morgan fingerprint density at radius 3 is 2.67 bits per heavy atom. The molecular weight excluding hydrogens is 190 g/mol. The SMILES string of the molecule is CN1NC(C)(C)Nc2ccccc2C1=O. The highest BCUT2D eigenvalue weighted by atomic mass is 16.2. The Balaban J connectivity index is 2.51. The second-order valence-electron chi connectivity index (χ2n) is 4.27. The summed E-state index contributed by atoms with van der Waals surface area (Å²) in [6, 6.07) is 7.52. The van der Waals surface area contributed by atoms with E-state index < -0.39 is 0 Å². The number of hydrazine groups is 1. The topological polar surface area (TPSA) is 44.4 Å². The largest absolute Gasteiger partial charge is 0.366 e. The lowest BCUT2D eigenvalue weighted by Crippen LogP contribution is -2.53.